The van der Waals surface area contributed by atoms with Gasteiger partial charge in [-0.2, -0.15) is 0 Å². The van der Waals surface area contributed by atoms with Gasteiger partial charge in [0.15, 0.2) is 6.61 Å². The second-order valence-corrected chi connectivity index (χ2v) is 2.40. The number of rotatable bonds is 1. The van der Waals surface area contributed by atoms with Crippen molar-refractivity contribution in [1.29, 1.82) is 0 Å². The molecule has 0 aromatic rings. The van der Waals surface area contributed by atoms with Crippen LogP contribution in [-0.4, -0.2) is 30.1 Å². The van der Waals surface area contributed by atoms with Crippen LogP contribution in [0.3, 0.4) is 0 Å². The smallest absolute Gasteiger partial charge is 0.417 e. The van der Waals surface area contributed by atoms with Crippen LogP contribution in [0.25, 0.3) is 0 Å². The molecular weight excluding hydrogens is 158 g/mol. The maximum atomic E-state index is 10.6. The molecule has 0 spiro atoms. The summed E-state index contributed by atoms with van der Waals surface area (Å²) >= 11 is 0. The van der Waals surface area contributed by atoms with Crippen molar-refractivity contribution >= 4 is 12.0 Å². The van der Waals surface area contributed by atoms with E-state index in [4.69, 9.17) is 0 Å². The molecule has 0 aromatic carbocycles. The summed E-state index contributed by atoms with van der Waals surface area (Å²) in [5.74, 6) is -0.248. The minimum Gasteiger partial charge on any atom is -0.439 e. The van der Waals surface area contributed by atoms with E-state index in [1.54, 1.807) is 6.92 Å². The van der Waals surface area contributed by atoms with Crippen molar-refractivity contribution in [3.63, 3.8) is 0 Å². The molecule has 0 N–H and O–H groups in total. The van der Waals surface area contributed by atoms with E-state index in [1.807, 2.05) is 0 Å². The molecule has 0 saturated carbocycles. The normalized spacial score (nSPS) is 15.4. The Labute approximate surface area is 72.5 Å². The Bertz CT molecular complexity index is 152. The second-order valence-electron chi connectivity index (χ2n) is 2.40. The fraction of sp³-hybridized carbons (Fsp3) is 0.750. The lowest BCUT2D eigenvalue weighted by molar-refractivity contribution is -0.125. The Balaban J connectivity index is 0.000000354. The van der Waals surface area contributed by atoms with E-state index in [-0.39, 0.29) is 12.5 Å². The SMILES string of the molecule is CCC.CCN1C(=O)COC1=O. The minimum absolute atomic E-state index is 0.0906. The average Bonchev–Trinajstić information content (AvgIpc) is 2.33. The lowest BCUT2D eigenvalue weighted by atomic mass is 10.5. The molecule has 1 rings (SSSR count). The predicted molar refractivity (Wildman–Crippen MR) is 44.7 cm³/mol. The zero-order valence-corrected chi connectivity index (χ0v) is 7.79. The second kappa shape index (κ2) is 5.57. The van der Waals surface area contributed by atoms with Crippen LogP contribution in [-0.2, 0) is 9.53 Å². The highest BCUT2D eigenvalue weighted by atomic mass is 16.6. The highest BCUT2D eigenvalue weighted by Crippen LogP contribution is 2.02. The molecule has 0 aliphatic carbocycles. The van der Waals surface area contributed by atoms with Crippen LogP contribution in [0, 0.1) is 0 Å². The molecule has 1 saturated heterocycles. The van der Waals surface area contributed by atoms with Gasteiger partial charge in [0, 0.05) is 6.54 Å². The van der Waals surface area contributed by atoms with Crippen molar-refractivity contribution in [2.75, 3.05) is 13.2 Å². The van der Waals surface area contributed by atoms with Crippen LogP contribution in [0.1, 0.15) is 27.2 Å². The summed E-state index contributed by atoms with van der Waals surface area (Å²) in [4.78, 5) is 22.2. The first-order chi connectivity index (χ1) is 5.67. The molecule has 1 aliphatic rings. The van der Waals surface area contributed by atoms with E-state index in [0.29, 0.717) is 6.54 Å². The van der Waals surface area contributed by atoms with Gasteiger partial charge in [-0.25, -0.2) is 9.69 Å². The van der Waals surface area contributed by atoms with Gasteiger partial charge in [-0.1, -0.05) is 20.3 Å². The lowest BCUT2D eigenvalue weighted by Gasteiger charge is -2.03. The first-order valence-electron chi connectivity index (χ1n) is 4.14. The van der Waals surface area contributed by atoms with Crippen molar-refractivity contribution in [2.45, 2.75) is 27.2 Å². The van der Waals surface area contributed by atoms with E-state index in [9.17, 15) is 9.59 Å². The topological polar surface area (TPSA) is 46.6 Å². The quantitative estimate of drug-likeness (QED) is 0.602. The molecule has 0 unspecified atom stereocenters. The van der Waals surface area contributed by atoms with Crippen LogP contribution in [0.5, 0.6) is 0 Å². The van der Waals surface area contributed by atoms with Crippen molar-refractivity contribution in [3.8, 4) is 0 Å². The number of hydrogen-bond donors (Lipinski definition) is 0. The monoisotopic (exact) mass is 173 g/mol. The van der Waals surface area contributed by atoms with Crippen LogP contribution in [0.4, 0.5) is 4.79 Å². The van der Waals surface area contributed by atoms with Gasteiger partial charge in [0.05, 0.1) is 0 Å². The van der Waals surface area contributed by atoms with E-state index in [1.165, 1.54) is 6.42 Å². The van der Waals surface area contributed by atoms with Gasteiger partial charge in [0.25, 0.3) is 5.91 Å². The van der Waals surface area contributed by atoms with Gasteiger partial charge in [0.2, 0.25) is 0 Å². The van der Waals surface area contributed by atoms with Gasteiger partial charge in [-0.05, 0) is 6.92 Å². The summed E-state index contributed by atoms with van der Waals surface area (Å²) in [7, 11) is 0. The molecule has 70 valence electrons. The van der Waals surface area contributed by atoms with Crippen LogP contribution < -0.4 is 0 Å². The zero-order chi connectivity index (χ0) is 9.56. The molecule has 4 nitrogen and oxygen atoms in total. The van der Waals surface area contributed by atoms with Crippen LogP contribution in [0.2, 0.25) is 0 Å². The number of hydrogen-bond acceptors (Lipinski definition) is 3. The van der Waals surface area contributed by atoms with Crippen molar-refractivity contribution < 1.29 is 14.3 Å². The molecule has 0 aromatic heterocycles. The summed E-state index contributed by atoms with van der Waals surface area (Å²) in [6.45, 7) is 6.29. The number of cyclic esters (lactones) is 1. The number of amides is 2. The van der Waals surface area contributed by atoms with Crippen molar-refractivity contribution in [3.05, 3.63) is 0 Å². The van der Waals surface area contributed by atoms with Gasteiger partial charge < -0.3 is 4.74 Å². The Kier molecular flexibility index (Phi) is 5.08. The molecule has 4 heteroatoms. The fourth-order valence-electron chi connectivity index (χ4n) is 0.687. The summed E-state index contributed by atoms with van der Waals surface area (Å²) in [6, 6.07) is 0. The third kappa shape index (κ3) is 2.90. The van der Waals surface area contributed by atoms with Crippen LogP contribution in [0.15, 0.2) is 0 Å². The molecule has 2 amide bonds. The molecule has 0 bridgehead atoms. The molecule has 0 atom stereocenters. The summed E-state index contributed by atoms with van der Waals surface area (Å²) in [6.07, 6.45) is 0.725. The predicted octanol–water partition coefficient (Wildman–Crippen LogP) is 1.40. The fourth-order valence-corrected chi connectivity index (χ4v) is 0.687. The molecule has 12 heavy (non-hydrogen) atoms. The van der Waals surface area contributed by atoms with Gasteiger partial charge in [-0.3, -0.25) is 4.79 Å². The molecule has 1 heterocycles. The summed E-state index contributed by atoms with van der Waals surface area (Å²) in [5.41, 5.74) is 0. The lowest BCUT2D eigenvalue weighted by Crippen LogP contribution is -2.28. The van der Waals surface area contributed by atoms with Crippen molar-refractivity contribution in [2.24, 2.45) is 0 Å². The van der Waals surface area contributed by atoms with E-state index < -0.39 is 6.09 Å². The number of likely N-dealkylation sites (N-methyl/N-ethyl adjacent to an activating group) is 1. The third-order valence-corrected chi connectivity index (χ3v) is 1.16. The van der Waals surface area contributed by atoms with Gasteiger partial charge >= 0.3 is 6.09 Å². The maximum absolute atomic E-state index is 10.6. The highest BCUT2D eigenvalue weighted by molar-refractivity contribution is 5.97. The first-order valence-corrected chi connectivity index (χ1v) is 4.14. The average molecular weight is 173 g/mol. The third-order valence-electron chi connectivity index (χ3n) is 1.16. The summed E-state index contributed by atoms with van der Waals surface area (Å²) in [5, 5.41) is 0. The molecule has 1 fully saturated rings. The molecule has 0 radical (unpaired) electrons. The molecular formula is C8H15NO3. The van der Waals surface area contributed by atoms with E-state index in [0.717, 1.165) is 4.90 Å². The van der Waals surface area contributed by atoms with E-state index >= 15 is 0 Å². The largest absolute Gasteiger partial charge is 0.439 e. The Morgan fingerprint density at radius 2 is 1.83 bits per heavy atom. The number of carbonyl (C=O) groups excluding carboxylic acids is 2. The number of carbonyl (C=O) groups is 2. The maximum Gasteiger partial charge on any atom is 0.417 e. The first kappa shape index (κ1) is 10.9. The highest BCUT2D eigenvalue weighted by Gasteiger charge is 2.28. The van der Waals surface area contributed by atoms with Gasteiger partial charge in [0.1, 0.15) is 0 Å². The Hall–Kier alpha value is -1.06. The Morgan fingerprint density at radius 1 is 1.33 bits per heavy atom. The van der Waals surface area contributed by atoms with E-state index in [2.05, 4.69) is 18.6 Å². The Morgan fingerprint density at radius 3 is 2.00 bits per heavy atom. The standard InChI is InChI=1S/C5H7NO3.C3H8/c1-2-6-4(7)3-9-5(6)8;1-3-2/h2-3H2,1H3;3H2,1-2H3. The molecule has 1 aliphatic heterocycles. The number of nitrogens with zero attached hydrogens (tertiary/aromatic N) is 1. The minimum atomic E-state index is -0.525. The van der Waals surface area contributed by atoms with Gasteiger partial charge in [-0.15, -0.1) is 0 Å². The summed E-state index contributed by atoms with van der Waals surface area (Å²) < 4.78 is 4.41. The number of imide groups is 1. The number of ether oxygens (including phenoxy) is 1. The zero-order valence-electron chi connectivity index (χ0n) is 7.79. The van der Waals surface area contributed by atoms with Crippen molar-refractivity contribution in [1.82, 2.24) is 4.90 Å². The van der Waals surface area contributed by atoms with Crippen LogP contribution >= 0.6 is 0 Å².